The fourth-order valence-corrected chi connectivity index (χ4v) is 4.28. The number of nitrogens with zero attached hydrogens (tertiary/aromatic N) is 3. The van der Waals surface area contributed by atoms with Crippen molar-refractivity contribution in [2.45, 2.75) is 9.79 Å². The van der Waals surface area contributed by atoms with Crippen molar-refractivity contribution in [3.8, 4) is 0 Å². The number of aromatic nitrogens is 1. The average Bonchev–Trinajstić information content (AvgIpc) is 2.62. The van der Waals surface area contributed by atoms with Crippen LogP contribution in [0.2, 0.25) is 0 Å². The molecule has 2 rings (SSSR count). The first-order chi connectivity index (χ1) is 12.6. The summed E-state index contributed by atoms with van der Waals surface area (Å²) in [4.78, 5) is 15.9. The van der Waals surface area contributed by atoms with Crippen LogP contribution in [0, 0.1) is 0 Å². The molecule has 9 nitrogen and oxygen atoms in total. The highest BCUT2D eigenvalue weighted by Crippen LogP contribution is 2.23. The molecule has 0 radical (unpaired) electrons. The lowest BCUT2D eigenvalue weighted by atomic mass is 10.3. The van der Waals surface area contributed by atoms with Crippen LogP contribution in [-0.4, -0.2) is 64.0 Å². The zero-order valence-corrected chi connectivity index (χ0v) is 16.7. The molecular weight excluding hydrogens is 392 g/mol. The van der Waals surface area contributed by atoms with Crippen molar-refractivity contribution >= 4 is 31.6 Å². The lowest BCUT2D eigenvalue weighted by molar-refractivity contribution is -0.116. The van der Waals surface area contributed by atoms with Crippen LogP contribution in [0.3, 0.4) is 0 Å². The molecule has 0 aliphatic heterocycles. The van der Waals surface area contributed by atoms with Crippen LogP contribution < -0.4 is 5.32 Å². The molecule has 0 aliphatic carbocycles. The molecule has 0 spiro atoms. The average molecular weight is 412 g/mol. The van der Waals surface area contributed by atoms with Crippen LogP contribution in [0.15, 0.2) is 58.6 Å². The summed E-state index contributed by atoms with van der Waals surface area (Å²) in [6.07, 6.45) is 2.62. The van der Waals surface area contributed by atoms with Crippen molar-refractivity contribution in [1.29, 1.82) is 0 Å². The van der Waals surface area contributed by atoms with E-state index < -0.39 is 32.5 Å². The fourth-order valence-electron chi connectivity index (χ4n) is 2.15. The third kappa shape index (κ3) is 4.69. The number of benzene rings is 1. The Morgan fingerprint density at radius 2 is 1.67 bits per heavy atom. The van der Waals surface area contributed by atoms with Crippen molar-refractivity contribution < 1.29 is 21.6 Å². The lowest BCUT2D eigenvalue weighted by Crippen LogP contribution is -2.35. The Morgan fingerprint density at radius 1 is 1.00 bits per heavy atom. The number of carbonyl (C=O) groups is 1. The second-order valence-electron chi connectivity index (χ2n) is 5.78. The van der Waals surface area contributed by atoms with Gasteiger partial charge in [0.15, 0.2) is 0 Å². The van der Waals surface area contributed by atoms with Gasteiger partial charge in [-0.2, -0.15) is 4.31 Å². The van der Waals surface area contributed by atoms with Gasteiger partial charge in [-0.25, -0.2) is 21.1 Å². The zero-order valence-electron chi connectivity index (χ0n) is 15.0. The van der Waals surface area contributed by atoms with Crippen molar-refractivity contribution in [2.24, 2.45) is 0 Å². The molecule has 27 heavy (non-hydrogen) atoms. The Balaban J connectivity index is 2.20. The number of anilines is 1. The predicted molar refractivity (Wildman–Crippen MR) is 100.0 cm³/mol. The minimum Gasteiger partial charge on any atom is -0.324 e. The highest BCUT2D eigenvalue weighted by Gasteiger charge is 2.25. The van der Waals surface area contributed by atoms with Crippen LogP contribution >= 0.6 is 0 Å². The van der Waals surface area contributed by atoms with Crippen molar-refractivity contribution in [2.75, 3.05) is 33.0 Å². The largest absolute Gasteiger partial charge is 0.324 e. The SMILES string of the molecule is CN(C)S(=O)(=O)c1ccccc1NC(=O)CN(C)S(=O)(=O)c1cccnc1. The van der Waals surface area contributed by atoms with Crippen molar-refractivity contribution in [1.82, 2.24) is 13.6 Å². The van der Waals surface area contributed by atoms with Gasteiger partial charge in [0.05, 0.1) is 12.2 Å². The Hall–Kier alpha value is -2.34. The summed E-state index contributed by atoms with van der Waals surface area (Å²) in [6, 6.07) is 8.75. The minimum atomic E-state index is -3.89. The maximum atomic E-state index is 12.4. The number of amides is 1. The molecule has 1 N–H and O–H groups in total. The number of hydrogen-bond donors (Lipinski definition) is 1. The topological polar surface area (TPSA) is 117 Å². The number of rotatable bonds is 7. The fraction of sp³-hybridized carbons (Fsp3) is 0.250. The molecule has 11 heteroatoms. The maximum Gasteiger partial charge on any atom is 0.244 e. The molecule has 1 aromatic carbocycles. The number of hydrogen-bond acceptors (Lipinski definition) is 6. The zero-order chi connectivity index (χ0) is 20.2. The molecule has 1 amide bonds. The van der Waals surface area contributed by atoms with Crippen LogP contribution in [0.1, 0.15) is 0 Å². The van der Waals surface area contributed by atoms with E-state index in [-0.39, 0.29) is 15.5 Å². The summed E-state index contributed by atoms with van der Waals surface area (Å²) in [5, 5.41) is 2.46. The molecule has 146 valence electrons. The summed E-state index contributed by atoms with van der Waals surface area (Å²) in [7, 11) is -3.66. The Labute approximate surface area is 158 Å². The van der Waals surface area contributed by atoms with Gasteiger partial charge in [0, 0.05) is 33.5 Å². The second-order valence-corrected chi connectivity index (χ2v) is 9.95. The third-order valence-corrected chi connectivity index (χ3v) is 7.29. The monoisotopic (exact) mass is 412 g/mol. The number of pyridine rings is 1. The highest BCUT2D eigenvalue weighted by molar-refractivity contribution is 7.89. The lowest BCUT2D eigenvalue weighted by Gasteiger charge is -2.18. The highest BCUT2D eigenvalue weighted by atomic mass is 32.2. The van der Waals surface area contributed by atoms with Gasteiger partial charge in [-0.05, 0) is 24.3 Å². The molecule has 2 aromatic rings. The Morgan fingerprint density at radius 3 is 2.26 bits per heavy atom. The molecule has 0 unspecified atom stereocenters. The van der Waals surface area contributed by atoms with Crippen LogP contribution in [0.4, 0.5) is 5.69 Å². The predicted octanol–water partition coefficient (Wildman–Crippen LogP) is 0.591. The number of sulfonamides is 2. The second kappa shape index (κ2) is 8.13. The molecule has 0 fully saturated rings. The van der Waals surface area contributed by atoms with E-state index in [1.807, 2.05) is 0 Å². The summed E-state index contributed by atoms with van der Waals surface area (Å²) in [6.45, 7) is -0.492. The van der Waals surface area contributed by atoms with Gasteiger partial charge in [0.2, 0.25) is 26.0 Å². The van der Waals surface area contributed by atoms with Crippen LogP contribution in [0.5, 0.6) is 0 Å². The normalized spacial score (nSPS) is 12.3. The van der Waals surface area contributed by atoms with E-state index in [0.29, 0.717) is 0 Å². The molecule has 0 bridgehead atoms. The molecular formula is C16H20N4O5S2. The third-order valence-electron chi connectivity index (χ3n) is 3.63. The molecule has 0 saturated heterocycles. The van der Waals surface area contributed by atoms with E-state index >= 15 is 0 Å². The number of nitrogens with one attached hydrogen (secondary N) is 1. The Bertz CT molecular complexity index is 1020. The molecule has 0 atom stereocenters. The van der Waals surface area contributed by atoms with E-state index in [2.05, 4.69) is 10.3 Å². The standard InChI is InChI=1S/C16H20N4O5S2/c1-19(2)27(24,25)15-9-5-4-8-14(15)18-16(21)12-20(3)26(22,23)13-7-6-10-17-11-13/h4-11H,12H2,1-3H3,(H,18,21). The summed E-state index contributed by atoms with van der Waals surface area (Å²) < 4.78 is 51.5. The van der Waals surface area contributed by atoms with E-state index in [9.17, 15) is 21.6 Å². The van der Waals surface area contributed by atoms with Gasteiger partial charge < -0.3 is 5.32 Å². The summed E-state index contributed by atoms with van der Waals surface area (Å²) in [5.41, 5.74) is 0.0726. The van der Waals surface area contributed by atoms with Gasteiger partial charge in [0.1, 0.15) is 9.79 Å². The molecule has 0 saturated carbocycles. The number of likely N-dealkylation sites (N-methyl/N-ethyl adjacent to an activating group) is 1. The maximum absolute atomic E-state index is 12.4. The van der Waals surface area contributed by atoms with E-state index in [1.165, 1.54) is 63.9 Å². The van der Waals surface area contributed by atoms with E-state index in [0.717, 1.165) is 8.61 Å². The Kier molecular flexibility index (Phi) is 6.31. The van der Waals surface area contributed by atoms with Gasteiger partial charge in [-0.3, -0.25) is 9.78 Å². The first-order valence-corrected chi connectivity index (χ1v) is 10.6. The molecule has 1 aromatic heterocycles. The van der Waals surface area contributed by atoms with Crippen LogP contribution in [-0.2, 0) is 24.8 Å². The van der Waals surface area contributed by atoms with E-state index in [1.54, 1.807) is 6.07 Å². The number of para-hydroxylation sites is 1. The van der Waals surface area contributed by atoms with Crippen LogP contribution in [0.25, 0.3) is 0 Å². The van der Waals surface area contributed by atoms with Crippen molar-refractivity contribution in [3.63, 3.8) is 0 Å². The first-order valence-electron chi connectivity index (χ1n) is 7.74. The number of carbonyl (C=O) groups excluding carboxylic acids is 1. The van der Waals surface area contributed by atoms with Crippen molar-refractivity contribution in [3.05, 3.63) is 48.8 Å². The summed E-state index contributed by atoms with van der Waals surface area (Å²) in [5.74, 6) is -0.675. The van der Waals surface area contributed by atoms with Gasteiger partial charge in [-0.1, -0.05) is 12.1 Å². The smallest absolute Gasteiger partial charge is 0.244 e. The quantitative estimate of drug-likeness (QED) is 0.711. The molecule has 1 heterocycles. The summed E-state index contributed by atoms with van der Waals surface area (Å²) >= 11 is 0. The van der Waals surface area contributed by atoms with Gasteiger partial charge in [0.25, 0.3) is 0 Å². The van der Waals surface area contributed by atoms with E-state index in [4.69, 9.17) is 0 Å². The minimum absolute atomic E-state index is 0.0455. The van der Waals surface area contributed by atoms with Gasteiger partial charge >= 0.3 is 0 Å². The van der Waals surface area contributed by atoms with Gasteiger partial charge in [-0.15, -0.1) is 0 Å². The molecule has 0 aliphatic rings. The first kappa shape index (κ1) is 21.0.